The van der Waals surface area contributed by atoms with Gasteiger partial charge >= 0.3 is 6.03 Å². The number of ether oxygens (including phenoxy) is 1. The Hall–Kier alpha value is -2.24. The van der Waals surface area contributed by atoms with Gasteiger partial charge in [-0.1, -0.05) is 6.07 Å². The maximum absolute atomic E-state index is 11.5. The molecule has 0 atom stereocenters. The number of hydroxylamine groups is 1. The third kappa shape index (κ3) is 3.50. The molecule has 120 valence electrons. The summed E-state index contributed by atoms with van der Waals surface area (Å²) < 4.78 is 6.96. The van der Waals surface area contributed by atoms with Crippen LogP contribution in [0.5, 0.6) is 5.75 Å². The van der Waals surface area contributed by atoms with Crippen molar-refractivity contribution in [1.82, 2.24) is 10.2 Å². The van der Waals surface area contributed by atoms with Crippen molar-refractivity contribution in [3.63, 3.8) is 0 Å². The first-order chi connectivity index (χ1) is 10.4. The summed E-state index contributed by atoms with van der Waals surface area (Å²) in [4.78, 5) is 13.2. The number of nitrogens with one attached hydrogen (secondary N) is 1. The highest BCUT2D eigenvalue weighted by atomic mass is 16.5. The van der Waals surface area contributed by atoms with Gasteiger partial charge in [0.05, 0.1) is 12.1 Å². The number of nitrogens with zero attached hydrogens (tertiary/aromatic N) is 2. The highest BCUT2D eigenvalue weighted by Crippen LogP contribution is 2.28. The lowest BCUT2D eigenvalue weighted by atomic mass is 9.99. The van der Waals surface area contributed by atoms with Crippen molar-refractivity contribution < 1.29 is 19.5 Å². The van der Waals surface area contributed by atoms with Crippen LogP contribution in [0.1, 0.15) is 22.3 Å². The molecule has 6 nitrogen and oxygen atoms in total. The van der Waals surface area contributed by atoms with Gasteiger partial charge in [-0.3, -0.25) is 5.21 Å². The van der Waals surface area contributed by atoms with Crippen LogP contribution in [0.2, 0.25) is 0 Å². The minimum Gasteiger partial charge on any atom is -0.491 e. The quantitative estimate of drug-likeness (QED) is 0.375. The maximum atomic E-state index is 11.5. The van der Waals surface area contributed by atoms with Crippen molar-refractivity contribution in [3.8, 4) is 5.75 Å². The summed E-state index contributed by atoms with van der Waals surface area (Å²) >= 11 is 0. The van der Waals surface area contributed by atoms with E-state index in [1.165, 1.54) is 0 Å². The first-order valence-electron chi connectivity index (χ1n) is 7.43. The zero-order chi connectivity index (χ0) is 16.3. The van der Waals surface area contributed by atoms with Crippen molar-refractivity contribution in [1.29, 1.82) is 0 Å². The van der Waals surface area contributed by atoms with Crippen LogP contribution in [0.4, 0.5) is 4.79 Å². The lowest BCUT2D eigenvalue weighted by Crippen LogP contribution is -2.32. The first-order valence-corrected chi connectivity index (χ1v) is 7.43. The minimum absolute atomic E-state index is 0.0307. The van der Waals surface area contributed by atoms with E-state index in [2.05, 4.69) is 5.32 Å². The molecule has 0 unspecified atom stereocenters. The Bertz CT molecular complexity index is 607. The summed E-state index contributed by atoms with van der Waals surface area (Å²) in [6, 6.07) is 2.01. The Morgan fingerprint density at radius 3 is 2.73 bits per heavy atom. The van der Waals surface area contributed by atoms with E-state index in [1.807, 2.05) is 26.8 Å². The lowest BCUT2D eigenvalue weighted by molar-refractivity contribution is -0.751. The molecule has 0 aromatic heterocycles. The molecule has 0 saturated carbocycles. The van der Waals surface area contributed by atoms with Crippen LogP contribution in [0.15, 0.2) is 6.07 Å². The van der Waals surface area contributed by atoms with Gasteiger partial charge in [0.1, 0.15) is 12.4 Å². The first kappa shape index (κ1) is 16.1. The highest BCUT2D eigenvalue weighted by Gasteiger charge is 2.19. The van der Waals surface area contributed by atoms with Crippen LogP contribution in [0.25, 0.3) is 0 Å². The molecule has 1 aromatic carbocycles. The second-order valence-corrected chi connectivity index (χ2v) is 5.65. The van der Waals surface area contributed by atoms with Crippen molar-refractivity contribution in [2.24, 2.45) is 0 Å². The molecule has 2 N–H and O–H groups in total. The molecule has 1 aromatic rings. The zero-order valence-corrected chi connectivity index (χ0v) is 13.6. The van der Waals surface area contributed by atoms with Crippen molar-refractivity contribution in [2.45, 2.75) is 20.8 Å². The summed E-state index contributed by atoms with van der Waals surface area (Å²) in [5.74, 6) is 0.818. The van der Waals surface area contributed by atoms with Gasteiger partial charge in [0.25, 0.3) is 0 Å². The fourth-order valence-electron chi connectivity index (χ4n) is 2.77. The fraction of sp³-hybridized carbons (Fsp3) is 0.500. The number of rotatable bonds is 5. The standard InChI is InChI=1S/C16H23N3O3/c1-11-9-12(2)15(13(3)14(11)10-18(4)21)22-8-7-19-6-5-17-16(19)20/h9-10H,5-8H2,1-4H3,(H-,17,20,21)/p+1. The van der Waals surface area contributed by atoms with Gasteiger partial charge in [0.15, 0.2) is 7.05 Å². The average Bonchev–Trinajstić information content (AvgIpc) is 2.84. The second-order valence-electron chi connectivity index (χ2n) is 5.65. The molecule has 6 heteroatoms. The largest absolute Gasteiger partial charge is 0.491 e. The molecule has 0 spiro atoms. The van der Waals surface area contributed by atoms with Crippen molar-refractivity contribution >= 4 is 12.2 Å². The molecule has 2 amide bonds. The SMILES string of the molecule is Cc1cc(C)c(OCCN2CCNC2=O)c(C)c1C=[N+](C)O. The fourth-order valence-corrected chi connectivity index (χ4v) is 2.77. The molecule has 0 aliphatic carbocycles. The van der Waals surface area contributed by atoms with Crippen LogP contribution < -0.4 is 10.1 Å². The summed E-state index contributed by atoms with van der Waals surface area (Å²) in [7, 11) is 1.57. The van der Waals surface area contributed by atoms with Gasteiger partial charge in [-0.05, 0) is 36.6 Å². The van der Waals surface area contributed by atoms with E-state index in [0.29, 0.717) is 19.7 Å². The monoisotopic (exact) mass is 306 g/mol. The van der Waals surface area contributed by atoms with E-state index in [1.54, 1.807) is 18.2 Å². The van der Waals surface area contributed by atoms with Gasteiger partial charge in [-0.15, -0.1) is 0 Å². The number of carbonyl (C=O) groups is 1. The lowest BCUT2D eigenvalue weighted by Gasteiger charge is -2.18. The van der Waals surface area contributed by atoms with E-state index in [9.17, 15) is 10.0 Å². The van der Waals surface area contributed by atoms with Gasteiger partial charge < -0.3 is 15.0 Å². The van der Waals surface area contributed by atoms with Crippen LogP contribution in [-0.2, 0) is 0 Å². The number of carbonyl (C=O) groups excluding carboxylic acids is 1. The maximum Gasteiger partial charge on any atom is 0.317 e. The number of amides is 2. The molecule has 22 heavy (non-hydrogen) atoms. The molecule has 1 heterocycles. The van der Waals surface area contributed by atoms with E-state index in [0.717, 1.165) is 39.3 Å². The van der Waals surface area contributed by atoms with Gasteiger partial charge in [0, 0.05) is 18.7 Å². The molecule has 0 bridgehead atoms. The second kappa shape index (κ2) is 6.68. The predicted molar refractivity (Wildman–Crippen MR) is 84.3 cm³/mol. The molecule has 1 fully saturated rings. The number of benzene rings is 1. The van der Waals surface area contributed by atoms with E-state index >= 15 is 0 Å². The Labute approximate surface area is 131 Å². The summed E-state index contributed by atoms with van der Waals surface area (Å²) in [5, 5.41) is 12.2. The third-order valence-electron chi connectivity index (χ3n) is 3.83. The molecule has 2 rings (SSSR count). The predicted octanol–water partition coefficient (Wildman–Crippen LogP) is 1.47. The van der Waals surface area contributed by atoms with Crippen molar-refractivity contribution in [3.05, 3.63) is 28.3 Å². The number of aryl methyl sites for hydroxylation is 2. The summed E-state index contributed by atoms with van der Waals surface area (Å²) in [5.41, 5.74) is 4.08. The van der Waals surface area contributed by atoms with E-state index in [4.69, 9.17) is 4.74 Å². The topological polar surface area (TPSA) is 64.8 Å². The number of hydrogen-bond acceptors (Lipinski definition) is 3. The summed E-state index contributed by atoms with van der Waals surface area (Å²) in [6.45, 7) is 8.43. The average molecular weight is 306 g/mol. The minimum atomic E-state index is -0.0307. The molecular weight excluding hydrogens is 282 g/mol. The Kier molecular flexibility index (Phi) is 4.90. The number of hydrogen-bond donors (Lipinski definition) is 2. The Balaban J connectivity index is 2.13. The van der Waals surface area contributed by atoms with Crippen molar-refractivity contribution in [2.75, 3.05) is 33.3 Å². The van der Waals surface area contributed by atoms with Gasteiger partial charge in [-0.2, -0.15) is 0 Å². The third-order valence-corrected chi connectivity index (χ3v) is 3.83. The van der Waals surface area contributed by atoms with E-state index < -0.39 is 0 Å². The Morgan fingerprint density at radius 1 is 1.41 bits per heavy atom. The summed E-state index contributed by atoms with van der Waals surface area (Å²) in [6.07, 6.45) is 1.67. The molecular formula is C16H24N3O3+. The van der Waals surface area contributed by atoms with Crippen LogP contribution >= 0.6 is 0 Å². The van der Waals surface area contributed by atoms with Crippen LogP contribution in [0, 0.1) is 20.8 Å². The normalized spacial score (nSPS) is 15.2. The smallest absolute Gasteiger partial charge is 0.317 e. The van der Waals surface area contributed by atoms with Gasteiger partial charge in [-0.25, -0.2) is 4.79 Å². The zero-order valence-electron chi connectivity index (χ0n) is 13.6. The van der Waals surface area contributed by atoms with Crippen LogP contribution in [-0.4, -0.2) is 60.4 Å². The highest BCUT2D eigenvalue weighted by molar-refractivity contribution is 5.82. The molecule has 1 aliphatic rings. The van der Waals surface area contributed by atoms with E-state index in [-0.39, 0.29) is 6.03 Å². The van der Waals surface area contributed by atoms with Crippen LogP contribution in [0.3, 0.4) is 0 Å². The number of urea groups is 1. The van der Waals surface area contributed by atoms with Gasteiger partial charge in [0.2, 0.25) is 6.21 Å². The molecule has 0 radical (unpaired) electrons. The molecule has 1 saturated heterocycles. The molecule has 1 aliphatic heterocycles. The Morgan fingerprint density at radius 2 is 2.14 bits per heavy atom.